The summed E-state index contributed by atoms with van der Waals surface area (Å²) >= 11 is 0. The monoisotopic (exact) mass is 424 g/mol. The van der Waals surface area contributed by atoms with E-state index in [-0.39, 0.29) is 29.4 Å². The quantitative estimate of drug-likeness (QED) is 0.530. The third kappa shape index (κ3) is 3.24. The van der Waals surface area contributed by atoms with Gasteiger partial charge in [-0.25, -0.2) is 0 Å². The predicted molar refractivity (Wildman–Crippen MR) is 122 cm³/mol. The van der Waals surface area contributed by atoms with Crippen LogP contribution in [-0.2, 0) is 6.42 Å². The summed E-state index contributed by atoms with van der Waals surface area (Å²) < 4.78 is 1.14. The minimum atomic E-state index is -0.564. The zero-order valence-electron chi connectivity index (χ0n) is 19.5. The molecule has 0 unspecified atom stereocenters. The first-order valence-corrected chi connectivity index (χ1v) is 12.3. The first kappa shape index (κ1) is 21.3. The lowest BCUT2D eigenvalue weighted by atomic mass is 9.57. The molecule has 31 heavy (non-hydrogen) atoms. The number of fused-ring (bicyclic) bond motifs is 5. The number of aliphatic hydroxyl groups excluding tert-OH is 2. The Labute approximate surface area is 186 Å². The van der Waals surface area contributed by atoms with Gasteiger partial charge in [0.05, 0.1) is 12.0 Å². The minimum absolute atomic E-state index is 0.0158. The van der Waals surface area contributed by atoms with E-state index in [1.165, 1.54) is 27.8 Å². The van der Waals surface area contributed by atoms with Crippen molar-refractivity contribution in [3.8, 4) is 0 Å². The van der Waals surface area contributed by atoms with Crippen LogP contribution in [0.3, 0.4) is 0 Å². The molecular formula is C27H38NO3+. The third-order valence-corrected chi connectivity index (χ3v) is 9.47. The van der Waals surface area contributed by atoms with Crippen molar-refractivity contribution in [1.82, 2.24) is 0 Å². The molecular weight excluding hydrogens is 386 g/mol. The summed E-state index contributed by atoms with van der Waals surface area (Å²) in [5.41, 5.74) is 7.22. The summed E-state index contributed by atoms with van der Waals surface area (Å²) in [5.74, 6) is 1.44. The van der Waals surface area contributed by atoms with Crippen molar-refractivity contribution >= 4 is 0 Å². The van der Waals surface area contributed by atoms with Crippen LogP contribution in [0.5, 0.6) is 0 Å². The maximum absolute atomic E-state index is 12.7. The second-order valence-electron chi connectivity index (χ2n) is 11.3. The fourth-order valence-electron chi connectivity index (χ4n) is 7.69. The molecule has 2 fully saturated rings. The normalized spacial score (nSPS) is 40.6. The van der Waals surface area contributed by atoms with Crippen molar-refractivity contribution in [1.29, 1.82) is 0 Å². The van der Waals surface area contributed by atoms with E-state index < -0.39 is 6.10 Å². The number of aliphatic hydroxyl groups is 2. The predicted octanol–water partition coefficient (Wildman–Crippen LogP) is 4.78. The van der Waals surface area contributed by atoms with E-state index in [1.54, 1.807) is 0 Å². The summed E-state index contributed by atoms with van der Waals surface area (Å²) in [5, 5.41) is 20.9. The van der Waals surface area contributed by atoms with Gasteiger partial charge < -0.3 is 10.2 Å². The van der Waals surface area contributed by atoms with Gasteiger partial charge in [-0.2, -0.15) is 0 Å². The summed E-state index contributed by atoms with van der Waals surface area (Å²) in [4.78, 5) is 12.7. The van der Waals surface area contributed by atoms with Crippen LogP contribution in [0.2, 0.25) is 0 Å². The fraction of sp³-hybridized carbons (Fsp3) is 0.704. The molecule has 0 bridgehead atoms. The van der Waals surface area contributed by atoms with Crippen LogP contribution in [-0.4, -0.2) is 39.8 Å². The van der Waals surface area contributed by atoms with Crippen molar-refractivity contribution in [2.45, 2.75) is 96.3 Å². The molecule has 1 saturated heterocycles. The fourth-order valence-corrected chi connectivity index (χ4v) is 7.69. The van der Waals surface area contributed by atoms with Gasteiger partial charge in [0.25, 0.3) is 0 Å². The molecule has 8 atom stereocenters. The maximum atomic E-state index is 12.7. The highest BCUT2D eigenvalue weighted by atomic mass is 16.3. The average Bonchev–Trinajstić information content (AvgIpc) is 3.09. The molecule has 0 amide bonds. The van der Waals surface area contributed by atoms with E-state index >= 15 is 0 Å². The number of hydrogen-bond acceptors (Lipinski definition) is 3. The Kier molecular flexibility index (Phi) is 5.17. The second-order valence-corrected chi connectivity index (χ2v) is 11.3. The van der Waals surface area contributed by atoms with Crippen LogP contribution >= 0.6 is 0 Å². The van der Waals surface area contributed by atoms with E-state index in [1.807, 2.05) is 6.92 Å². The Hall–Kier alpha value is -1.52. The number of hydrogen-bond donors (Lipinski definition) is 2. The van der Waals surface area contributed by atoms with Gasteiger partial charge in [-0.05, 0) is 85.0 Å². The molecule has 0 spiro atoms. The Morgan fingerprint density at radius 2 is 2.00 bits per heavy atom. The lowest BCUT2D eigenvalue weighted by molar-refractivity contribution is -0.615. The molecule has 3 aliphatic carbocycles. The minimum Gasteiger partial charge on any atom is -0.393 e. The van der Waals surface area contributed by atoms with Crippen LogP contribution in [0.25, 0.3) is 0 Å². The molecule has 1 saturated carbocycles. The molecule has 0 radical (unpaired) electrons. The van der Waals surface area contributed by atoms with E-state index in [0.717, 1.165) is 36.9 Å². The smallest absolute Gasteiger partial charge is 0.233 e. The van der Waals surface area contributed by atoms with Crippen LogP contribution in [0.4, 0.5) is 0 Å². The molecule has 4 nitrogen and oxygen atoms in total. The first-order chi connectivity index (χ1) is 14.7. The van der Waals surface area contributed by atoms with Gasteiger partial charge in [-0.15, -0.1) is 0 Å². The summed E-state index contributed by atoms with van der Waals surface area (Å²) in [7, 11) is 0. The van der Waals surface area contributed by atoms with Crippen molar-refractivity contribution in [3.05, 3.63) is 50.9 Å². The average molecular weight is 425 g/mol. The highest BCUT2D eigenvalue weighted by Crippen LogP contribution is 2.60. The van der Waals surface area contributed by atoms with E-state index in [0.29, 0.717) is 24.8 Å². The number of benzene rings is 1. The Balaban J connectivity index is 1.46. The zero-order chi connectivity index (χ0) is 22.1. The van der Waals surface area contributed by atoms with E-state index in [9.17, 15) is 15.1 Å². The molecule has 0 aromatic heterocycles. The Morgan fingerprint density at radius 3 is 2.74 bits per heavy atom. The number of nitroso groups, excluding NO2 is 1. The van der Waals surface area contributed by atoms with Crippen molar-refractivity contribution in [2.75, 3.05) is 6.54 Å². The highest BCUT2D eigenvalue weighted by molar-refractivity contribution is 5.49. The van der Waals surface area contributed by atoms with Gasteiger partial charge in [0, 0.05) is 15.6 Å². The topological polar surface area (TPSA) is 60.5 Å². The molecule has 168 valence electrons. The van der Waals surface area contributed by atoms with Crippen LogP contribution in [0.15, 0.2) is 23.8 Å². The lowest BCUT2D eigenvalue weighted by Gasteiger charge is -2.48. The van der Waals surface area contributed by atoms with Gasteiger partial charge in [-0.3, -0.25) is 0 Å². The SMILES string of the molecule is Cc1c([C@H](C)[C@H]2[C@H](O)C[C@H](C)C[N+]2=O)ccc2c1C[C@H]1[C@H]2CC=C2C[C@@H](O)CC[C@@]21C. The summed E-state index contributed by atoms with van der Waals surface area (Å²) in [6.07, 6.45) is 7.41. The molecule has 1 aliphatic heterocycles. The second kappa shape index (κ2) is 7.52. The number of piperidine rings is 1. The van der Waals surface area contributed by atoms with Gasteiger partial charge in [0.1, 0.15) is 6.10 Å². The van der Waals surface area contributed by atoms with Crippen LogP contribution in [0, 0.1) is 29.1 Å². The number of rotatable bonds is 2. The van der Waals surface area contributed by atoms with E-state index in [4.69, 9.17) is 0 Å². The zero-order valence-corrected chi connectivity index (χ0v) is 19.5. The molecule has 5 rings (SSSR count). The number of nitrogens with zero attached hydrogens (tertiary/aromatic N) is 1. The first-order valence-electron chi connectivity index (χ1n) is 12.3. The standard InChI is InChI=1S/C27H38NO3/c1-15-11-25(30)26(28(31)14-15)17(3)20-7-8-21-22-6-5-18-12-19(29)9-10-27(18,4)24(22)13-23(21)16(20)2/h5,7-8,15,17,19,22,24-26,29-30H,6,9-14H2,1-4H3/q+1/t15-,17-,19-,22-,24-,25+,26-,27-/m0/s1. The van der Waals surface area contributed by atoms with E-state index in [2.05, 4.69) is 39.0 Å². The molecule has 4 aliphatic rings. The van der Waals surface area contributed by atoms with Crippen LogP contribution in [0.1, 0.15) is 87.0 Å². The van der Waals surface area contributed by atoms with Gasteiger partial charge in [-0.1, -0.05) is 44.6 Å². The highest BCUT2D eigenvalue weighted by Gasteiger charge is 2.51. The van der Waals surface area contributed by atoms with Gasteiger partial charge in [0.15, 0.2) is 6.54 Å². The third-order valence-electron chi connectivity index (χ3n) is 9.47. The van der Waals surface area contributed by atoms with Crippen LogP contribution < -0.4 is 0 Å². The van der Waals surface area contributed by atoms with Gasteiger partial charge >= 0.3 is 0 Å². The number of allylic oxidation sites excluding steroid dienone is 1. The molecule has 4 heteroatoms. The largest absolute Gasteiger partial charge is 0.393 e. The van der Waals surface area contributed by atoms with Gasteiger partial charge in [0.2, 0.25) is 6.04 Å². The van der Waals surface area contributed by atoms with Crippen molar-refractivity contribution in [2.24, 2.45) is 17.3 Å². The maximum Gasteiger partial charge on any atom is 0.233 e. The molecule has 2 N–H and O–H groups in total. The molecule has 1 aromatic carbocycles. The molecule has 1 heterocycles. The van der Waals surface area contributed by atoms with Crippen molar-refractivity contribution in [3.63, 3.8) is 0 Å². The summed E-state index contributed by atoms with van der Waals surface area (Å²) in [6, 6.07) is 4.21. The van der Waals surface area contributed by atoms with Crippen molar-refractivity contribution < 1.29 is 15.0 Å². The Morgan fingerprint density at radius 1 is 1.23 bits per heavy atom. The Bertz CT molecular complexity index is 937. The lowest BCUT2D eigenvalue weighted by Crippen LogP contribution is -2.47. The molecule has 1 aromatic rings. The summed E-state index contributed by atoms with van der Waals surface area (Å²) in [6.45, 7) is 9.34.